The van der Waals surface area contributed by atoms with E-state index in [-0.39, 0.29) is 13.2 Å². The van der Waals surface area contributed by atoms with Crippen LogP contribution in [0.4, 0.5) is 0 Å². The van der Waals surface area contributed by atoms with Crippen LogP contribution in [0.2, 0.25) is 0 Å². The number of benzene rings is 1. The van der Waals surface area contributed by atoms with Crippen LogP contribution >= 0.6 is 7.60 Å². The number of rotatable bonds is 11. The standard InChI is InChI=1S/C20H27O7P/c1-7-19(21)26-15(4)12-24-28(23,18-11-9-10-14(3)17(18)6)25-13-16(5)27-20(22)8-2/h7-11,15-16H,1-2,12-13H2,3-6H3. The van der Waals surface area contributed by atoms with Crippen LogP contribution in [0.5, 0.6) is 0 Å². The number of carbonyl (C=O) groups excluding carboxylic acids is 2. The summed E-state index contributed by atoms with van der Waals surface area (Å²) < 4.78 is 34.8. The largest absolute Gasteiger partial charge is 0.457 e. The van der Waals surface area contributed by atoms with Crippen molar-refractivity contribution in [1.82, 2.24) is 0 Å². The molecule has 0 heterocycles. The number of ether oxygens (including phenoxy) is 2. The van der Waals surface area contributed by atoms with Gasteiger partial charge in [-0.05, 0) is 44.9 Å². The lowest BCUT2D eigenvalue weighted by molar-refractivity contribution is -0.143. The van der Waals surface area contributed by atoms with E-state index >= 15 is 0 Å². The Morgan fingerprint density at radius 3 is 1.89 bits per heavy atom. The third-order valence-corrected chi connectivity index (χ3v) is 5.85. The summed E-state index contributed by atoms with van der Waals surface area (Å²) in [7, 11) is -3.78. The minimum absolute atomic E-state index is 0.148. The first-order valence-electron chi connectivity index (χ1n) is 8.75. The van der Waals surface area contributed by atoms with Gasteiger partial charge in [-0.25, -0.2) is 9.59 Å². The fourth-order valence-electron chi connectivity index (χ4n) is 2.18. The third kappa shape index (κ3) is 7.08. The third-order valence-electron chi connectivity index (χ3n) is 3.80. The van der Waals surface area contributed by atoms with Gasteiger partial charge in [0.25, 0.3) is 0 Å². The molecule has 0 saturated heterocycles. The van der Waals surface area contributed by atoms with Crippen molar-refractivity contribution in [3.63, 3.8) is 0 Å². The molecule has 0 aliphatic rings. The lowest BCUT2D eigenvalue weighted by atomic mass is 10.1. The van der Waals surface area contributed by atoms with Crippen LogP contribution in [0.25, 0.3) is 0 Å². The predicted molar refractivity (Wildman–Crippen MR) is 107 cm³/mol. The SMILES string of the molecule is C=CC(=O)OC(C)COP(=O)(OCC(C)OC(=O)C=C)c1cccc(C)c1C. The van der Waals surface area contributed by atoms with E-state index in [0.29, 0.717) is 5.30 Å². The van der Waals surface area contributed by atoms with Gasteiger partial charge in [-0.3, -0.25) is 4.57 Å². The molecule has 1 aromatic rings. The molecule has 0 fully saturated rings. The molecule has 1 aromatic carbocycles. The number of hydrogen-bond donors (Lipinski definition) is 0. The minimum Gasteiger partial charge on any atom is -0.457 e. The molecule has 154 valence electrons. The van der Waals surface area contributed by atoms with Crippen molar-refractivity contribution in [2.75, 3.05) is 13.2 Å². The maximum absolute atomic E-state index is 13.5. The molecule has 0 aliphatic carbocycles. The molecule has 8 heteroatoms. The lowest BCUT2D eigenvalue weighted by Crippen LogP contribution is -2.25. The van der Waals surface area contributed by atoms with E-state index in [9.17, 15) is 14.2 Å². The topological polar surface area (TPSA) is 88.1 Å². The Labute approximate surface area is 165 Å². The maximum Gasteiger partial charge on any atom is 0.361 e. The second kappa shape index (κ2) is 11.0. The molecule has 2 unspecified atom stereocenters. The van der Waals surface area contributed by atoms with Crippen LogP contribution in [-0.4, -0.2) is 37.4 Å². The average Bonchev–Trinajstić information content (AvgIpc) is 2.66. The van der Waals surface area contributed by atoms with E-state index in [2.05, 4.69) is 13.2 Å². The monoisotopic (exact) mass is 410 g/mol. The summed E-state index contributed by atoms with van der Waals surface area (Å²) >= 11 is 0. The molecule has 7 nitrogen and oxygen atoms in total. The number of carbonyl (C=O) groups is 2. The van der Waals surface area contributed by atoms with Gasteiger partial charge in [-0.1, -0.05) is 25.3 Å². The van der Waals surface area contributed by atoms with Crippen molar-refractivity contribution < 1.29 is 32.7 Å². The van der Waals surface area contributed by atoms with Crippen molar-refractivity contribution in [1.29, 1.82) is 0 Å². The van der Waals surface area contributed by atoms with Gasteiger partial charge in [-0.2, -0.15) is 0 Å². The number of aryl methyl sites for hydroxylation is 1. The highest BCUT2D eigenvalue weighted by atomic mass is 31.2. The van der Waals surface area contributed by atoms with Crippen molar-refractivity contribution in [3.8, 4) is 0 Å². The van der Waals surface area contributed by atoms with Gasteiger partial charge in [0.1, 0.15) is 12.2 Å². The van der Waals surface area contributed by atoms with Crippen molar-refractivity contribution in [2.24, 2.45) is 0 Å². The van der Waals surface area contributed by atoms with Gasteiger partial charge in [0.05, 0.1) is 18.5 Å². The molecule has 2 atom stereocenters. The van der Waals surface area contributed by atoms with Gasteiger partial charge < -0.3 is 18.5 Å². The van der Waals surface area contributed by atoms with Crippen LogP contribution in [0, 0.1) is 13.8 Å². The van der Waals surface area contributed by atoms with Gasteiger partial charge >= 0.3 is 19.5 Å². The summed E-state index contributed by atoms with van der Waals surface area (Å²) in [5, 5.41) is 0.400. The van der Waals surface area contributed by atoms with E-state index in [1.807, 2.05) is 19.9 Å². The summed E-state index contributed by atoms with van der Waals surface area (Å²) in [5.74, 6) is -1.22. The number of hydrogen-bond acceptors (Lipinski definition) is 7. The van der Waals surface area contributed by atoms with Crippen LogP contribution in [0.1, 0.15) is 25.0 Å². The van der Waals surface area contributed by atoms with Crippen LogP contribution < -0.4 is 5.30 Å². The highest BCUT2D eigenvalue weighted by Gasteiger charge is 2.32. The molecule has 0 aromatic heterocycles. The quantitative estimate of drug-likeness (QED) is 0.314. The molecular weight excluding hydrogens is 383 g/mol. The zero-order valence-electron chi connectivity index (χ0n) is 16.7. The molecular formula is C20H27O7P. The van der Waals surface area contributed by atoms with E-state index in [1.165, 1.54) is 0 Å². The Morgan fingerprint density at radius 2 is 1.46 bits per heavy atom. The molecule has 1 rings (SSSR count). The molecule has 0 bridgehead atoms. The second-order valence-electron chi connectivity index (χ2n) is 6.21. The molecule has 0 N–H and O–H groups in total. The Bertz CT molecular complexity index is 736. The van der Waals surface area contributed by atoms with Crippen LogP contribution in [-0.2, 0) is 32.7 Å². The zero-order chi connectivity index (χ0) is 21.3. The Hall–Kier alpha value is -2.21. The van der Waals surface area contributed by atoms with E-state index in [1.54, 1.807) is 26.0 Å². The average molecular weight is 410 g/mol. The summed E-state index contributed by atoms with van der Waals surface area (Å²) in [6, 6.07) is 5.29. The summed E-state index contributed by atoms with van der Waals surface area (Å²) in [6.07, 6.45) is 0.743. The summed E-state index contributed by atoms with van der Waals surface area (Å²) in [4.78, 5) is 22.6. The van der Waals surface area contributed by atoms with Gasteiger partial charge in [0.2, 0.25) is 0 Å². The molecule has 0 spiro atoms. The molecule has 0 aliphatic heterocycles. The van der Waals surface area contributed by atoms with Gasteiger partial charge in [0, 0.05) is 12.2 Å². The number of esters is 2. The first-order chi connectivity index (χ1) is 13.1. The fraction of sp³-hybridized carbons (Fsp3) is 0.400. The van der Waals surface area contributed by atoms with E-state index in [0.717, 1.165) is 23.3 Å². The Balaban J connectivity index is 2.99. The lowest BCUT2D eigenvalue weighted by Gasteiger charge is -2.24. The van der Waals surface area contributed by atoms with Crippen LogP contribution in [0.3, 0.4) is 0 Å². The smallest absolute Gasteiger partial charge is 0.361 e. The predicted octanol–water partition coefficient (Wildman–Crippen LogP) is 3.39. The minimum atomic E-state index is -3.78. The van der Waals surface area contributed by atoms with Crippen LogP contribution in [0.15, 0.2) is 43.5 Å². The summed E-state index contributed by atoms with van der Waals surface area (Å²) in [5.41, 5.74) is 1.68. The molecule has 28 heavy (non-hydrogen) atoms. The fourth-order valence-corrected chi connectivity index (χ4v) is 4.20. The van der Waals surface area contributed by atoms with E-state index in [4.69, 9.17) is 18.5 Å². The van der Waals surface area contributed by atoms with Gasteiger partial charge in [0.15, 0.2) is 0 Å². The second-order valence-corrected chi connectivity index (χ2v) is 8.20. The summed E-state index contributed by atoms with van der Waals surface area (Å²) in [6.45, 7) is 13.3. The van der Waals surface area contributed by atoms with Gasteiger partial charge in [-0.15, -0.1) is 0 Å². The Morgan fingerprint density at radius 1 is 1.00 bits per heavy atom. The van der Waals surface area contributed by atoms with Crippen molar-refractivity contribution in [2.45, 2.75) is 39.9 Å². The molecule has 0 saturated carbocycles. The Kier molecular flexibility index (Phi) is 9.32. The molecule has 0 radical (unpaired) electrons. The zero-order valence-corrected chi connectivity index (χ0v) is 17.6. The normalized spacial score (nSPS) is 15.0. The van der Waals surface area contributed by atoms with Crippen molar-refractivity contribution >= 4 is 24.8 Å². The first kappa shape index (κ1) is 23.8. The highest BCUT2D eigenvalue weighted by molar-refractivity contribution is 7.62. The van der Waals surface area contributed by atoms with E-state index < -0.39 is 31.7 Å². The molecule has 0 amide bonds. The maximum atomic E-state index is 13.5. The first-order valence-corrected chi connectivity index (χ1v) is 10.3. The highest BCUT2D eigenvalue weighted by Crippen LogP contribution is 2.48. The van der Waals surface area contributed by atoms with Crippen molar-refractivity contribution in [3.05, 3.63) is 54.6 Å².